The molecule has 0 aromatic heterocycles. The highest BCUT2D eigenvalue weighted by Crippen LogP contribution is 2.30. The quantitative estimate of drug-likeness (QED) is 0.244. The Morgan fingerprint density at radius 3 is 2.02 bits per heavy atom. The molecule has 2 aromatic carbocycles. The van der Waals surface area contributed by atoms with Gasteiger partial charge in [0.2, 0.25) is 5.91 Å². The van der Waals surface area contributed by atoms with E-state index in [1.165, 1.54) is 6.42 Å². The van der Waals surface area contributed by atoms with Gasteiger partial charge in [-0.05, 0) is 89.6 Å². The van der Waals surface area contributed by atoms with Crippen molar-refractivity contribution in [2.24, 2.45) is 0 Å². The Balaban J connectivity index is 2.50. The number of para-hydroxylation sites is 1. The predicted octanol–water partition coefficient (Wildman–Crippen LogP) is 7.70. The van der Waals surface area contributed by atoms with Crippen LogP contribution in [0.2, 0.25) is 0 Å². The third-order valence-corrected chi connectivity index (χ3v) is 7.37. The van der Waals surface area contributed by atoms with E-state index in [1.54, 1.807) is 32.6 Å². The molecule has 7 nitrogen and oxygen atoms in total. The van der Waals surface area contributed by atoms with Crippen LogP contribution in [0, 0.1) is 27.7 Å². The number of nitrogens with zero attached hydrogens (tertiary/aromatic N) is 1. The Morgan fingerprint density at radius 1 is 0.854 bits per heavy atom. The van der Waals surface area contributed by atoms with Gasteiger partial charge in [0.05, 0.1) is 0 Å². The van der Waals surface area contributed by atoms with Gasteiger partial charge in [0, 0.05) is 12.2 Å². The number of hydrogen-bond acceptors (Lipinski definition) is 4. The van der Waals surface area contributed by atoms with Crippen molar-refractivity contribution in [3.05, 3.63) is 64.2 Å². The molecule has 0 radical (unpaired) electrons. The van der Waals surface area contributed by atoms with Crippen molar-refractivity contribution >= 4 is 23.6 Å². The van der Waals surface area contributed by atoms with E-state index in [4.69, 9.17) is 4.74 Å². The van der Waals surface area contributed by atoms with Crippen LogP contribution in [0.15, 0.2) is 36.4 Å². The first-order chi connectivity index (χ1) is 19.3. The molecule has 7 heteroatoms. The second-order valence-electron chi connectivity index (χ2n) is 12.1. The molecule has 2 aromatic rings. The first-order valence-electron chi connectivity index (χ1n) is 15.0. The Kier molecular flexibility index (Phi) is 12.9. The number of carbonyl (C=O) groups excluding carboxylic acids is 3. The van der Waals surface area contributed by atoms with E-state index in [0.29, 0.717) is 6.54 Å². The molecule has 3 amide bonds. The van der Waals surface area contributed by atoms with Crippen LogP contribution in [0.1, 0.15) is 107 Å². The molecule has 0 fully saturated rings. The lowest BCUT2D eigenvalue weighted by Gasteiger charge is -2.35. The highest BCUT2D eigenvalue weighted by atomic mass is 16.6. The number of unbranched alkanes of at least 4 members (excludes halogenated alkanes) is 5. The lowest BCUT2D eigenvalue weighted by Crippen LogP contribution is -2.51. The maximum absolute atomic E-state index is 14.2. The minimum absolute atomic E-state index is 0.278. The summed E-state index contributed by atoms with van der Waals surface area (Å²) in [6, 6.07) is 9.97. The first kappa shape index (κ1) is 33.9. The molecule has 0 heterocycles. The first-order valence-corrected chi connectivity index (χ1v) is 15.0. The topological polar surface area (TPSA) is 87.7 Å². The van der Waals surface area contributed by atoms with Crippen LogP contribution in [-0.4, -0.2) is 41.0 Å². The van der Waals surface area contributed by atoms with Crippen molar-refractivity contribution in [3.8, 4) is 0 Å². The van der Waals surface area contributed by atoms with Crippen molar-refractivity contribution in [3.63, 3.8) is 0 Å². The van der Waals surface area contributed by atoms with Gasteiger partial charge in [-0.3, -0.25) is 9.59 Å². The number of aryl methyl sites for hydroxylation is 3. The second-order valence-corrected chi connectivity index (χ2v) is 12.1. The largest absolute Gasteiger partial charge is 0.444 e. The zero-order chi connectivity index (χ0) is 30.7. The number of nitrogens with one attached hydrogen (secondary N) is 2. The van der Waals surface area contributed by atoms with Gasteiger partial charge >= 0.3 is 6.09 Å². The number of anilines is 1. The smallest absolute Gasteiger partial charge is 0.408 e. The lowest BCUT2D eigenvalue weighted by molar-refractivity contribution is -0.140. The molecule has 0 saturated heterocycles. The summed E-state index contributed by atoms with van der Waals surface area (Å²) in [6.45, 7) is 17.5. The summed E-state index contributed by atoms with van der Waals surface area (Å²) >= 11 is 0. The molecule has 2 unspecified atom stereocenters. The van der Waals surface area contributed by atoms with Gasteiger partial charge in [-0.1, -0.05) is 75.4 Å². The standard InChI is InChI=1S/C34H51N3O4/c1-10-11-12-13-14-15-22-37(32(39)27(6)35-33(40)41-34(7,8)9)30(28-21-17-18-23(2)26(28)5)31(38)36-29-24(3)19-16-20-25(29)4/h16-21,27,30H,10-15,22H2,1-9H3,(H,35,40)(H,36,38). The molecule has 0 aliphatic carbocycles. The maximum atomic E-state index is 14.2. The second kappa shape index (κ2) is 15.6. The minimum atomic E-state index is -0.884. The van der Waals surface area contributed by atoms with Gasteiger partial charge in [-0.2, -0.15) is 0 Å². The fraction of sp³-hybridized carbons (Fsp3) is 0.559. The van der Waals surface area contributed by atoms with E-state index in [-0.39, 0.29) is 11.8 Å². The van der Waals surface area contributed by atoms with Gasteiger partial charge in [0.1, 0.15) is 17.7 Å². The molecule has 226 valence electrons. The van der Waals surface area contributed by atoms with Crippen molar-refractivity contribution in [1.82, 2.24) is 10.2 Å². The van der Waals surface area contributed by atoms with Crippen LogP contribution in [0.25, 0.3) is 0 Å². The fourth-order valence-electron chi connectivity index (χ4n) is 4.95. The summed E-state index contributed by atoms with van der Waals surface area (Å²) in [5.41, 5.74) is 4.73. The minimum Gasteiger partial charge on any atom is -0.444 e. The molecule has 0 aliphatic rings. The number of alkyl carbamates (subject to hydrolysis) is 1. The third-order valence-electron chi connectivity index (χ3n) is 7.37. The van der Waals surface area contributed by atoms with E-state index in [9.17, 15) is 14.4 Å². The SMILES string of the molecule is CCCCCCCCN(C(=O)C(C)NC(=O)OC(C)(C)C)C(C(=O)Nc1c(C)cccc1C)c1cccc(C)c1C. The molecular formula is C34H51N3O4. The molecule has 0 aliphatic heterocycles. The fourth-order valence-corrected chi connectivity index (χ4v) is 4.95. The van der Waals surface area contributed by atoms with E-state index < -0.39 is 23.8 Å². The molecule has 2 atom stereocenters. The predicted molar refractivity (Wildman–Crippen MR) is 167 cm³/mol. The number of hydrogen-bond donors (Lipinski definition) is 2. The molecule has 41 heavy (non-hydrogen) atoms. The molecule has 2 N–H and O–H groups in total. The molecule has 0 spiro atoms. The van der Waals surface area contributed by atoms with Gasteiger partial charge in [0.25, 0.3) is 5.91 Å². The third kappa shape index (κ3) is 10.2. The summed E-state index contributed by atoms with van der Waals surface area (Å²) in [4.78, 5) is 42.5. The van der Waals surface area contributed by atoms with Gasteiger partial charge < -0.3 is 20.3 Å². The highest BCUT2D eigenvalue weighted by Gasteiger charge is 2.35. The van der Waals surface area contributed by atoms with Crippen LogP contribution >= 0.6 is 0 Å². The Labute approximate surface area is 247 Å². The van der Waals surface area contributed by atoms with Crippen LogP contribution in [-0.2, 0) is 14.3 Å². The summed E-state index contributed by atoms with van der Waals surface area (Å²) < 4.78 is 5.41. The van der Waals surface area contributed by atoms with Crippen LogP contribution in [0.3, 0.4) is 0 Å². The molecular weight excluding hydrogens is 514 g/mol. The van der Waals surface area contributed by atoms with Crippen molar-refractivity contribution < 1.29 is 19.1 Å². The Bertz CT molecular complexity index is 1160. The van der Waals surface area contributed by atoms with E-state index in [0.717, 1.165) is 65.6 Å². The number of carbonyl (C=O) groups is 3. The van der Waals surface area contributed by atoms with Gasteiger partial charge in [0.15, 0.2) is 0 Å². The Hall–Kier alpha value is -3.35. The van der Waals surface area contributed by atoms with Crippen molar-refractivity contribution in [1.29, 1.82) is 0 Å². The summed E-state index contributed by atoms with van der Waals surface area (Å²) in [6.07, 6.45) is 5.61. The molecule has 2 rings (SSSR count). The molecule has 0 bridgehead atoms. The van der Waals surface area contributed by atoms with Gasteiger partial charge in [-0.15, -0.1) is 0 Å². The highest BCUT2D eigenvalue weighted by molar-refractivity contribution is 6.00. The zero-order valence-electron chi connectivity index (χ0n) is 26.6. The Morgan fingerprint density at radius 2 is 1.41 bits per heavy atom. The number of amides is 3. The van der Waals surface area contributed by atoms with E-state index in [2.05, 4.69) is 17.6 Å². The van der Waals surface area contributed by atoms with Crippen molar-refractivity contribution in [2.45, 2.75) is 119 Å². The van der Waals surface area contributed by atoms with Crippen LogP contribution in [0.4, 0.5) is 10.5 Å². The maximum Gasteiger partial charge on any atom is 0.408 e. The average Bonchev–Trinajstić information content (AvgIpc) is 2.88. The summed E-state index contributed by atoms with van der Waals surface area (Å²) in [5.74, 6) is -0.605. The number of rotatable bonds is 13. The molecule has 0 saturated carbocycles. The monoisotopic (exact) mass is 565 g/mol. The average molecular weight is 566 g/mol. The summed E-state index contributed by atoms with van der Waals surface area (Å²) in [7, 11) is 0. The van der Waals surface area contributed by atoms with E-state index in [1.807, 2.05) is 64.1 Å². The van der Waals surface area contributed by atoms with E-state index >= 15 is 0 Å². The number of benzene rings is 2. The van der Waals surface area contributed by atoms with Crippen LogP contribution < -0.4 is 10.6 Å². The zero-order valence-corrected chi connectivity index (χ0v) is 26.6. The lowest BCUT2D eigenvalue weighted by atomic mass is 9.94. The van der Waals surface area contributed by atoms with Crippen LogP contribution in [0.5, 0.6) is 0 Å². The van der Waals surface area contributed by atoms with Gasteiger partial charge in [-0.25, -0.2) is 4.79 Å². The summed E-state index contributed by atoms with van der Waals surface area (Å²) in [5, 5.41) is 5.83. The number of ether oxygens (including phenoxy) is 1. The normalized spacial score (nSPS) is 12.8. The van der Waals surface area contributed by atoms with Crippen molar-refractivity contribution in [2.75, 3.05) is 11.9 Å².